The SMILES string of the molecule is C#Cc1c(F)ccc2cccc(-c3c([N+](=O)[O-])cc4c(N5CCC[C@@](C)(O)C5)nc(OCC5CCCN5C)nc4c3F)c12. The third-order valence-electron chi connectivity index (χ3n) is 8.53. The first-order valence-electron chi connectivity index (χ1n) is 14.2. The molecule has 3 aromatic carbocycles. The molecule has 0 amide bonds. The molecule has 1 aromatic heterocycles. The number of ether oxygens (including phenoxy) is 1. The fourth-order valence-corrected chi connectivity index (χ4v) is 6.35. The number of piperidine rings is 1. The van der Waals surface area contributed by atoms with Gasteiger partial charge in [0.2, 0.25) is 0 Å². The van der Waals surface area contributed by atoms with Crippen molar-refractivity contribution in [3.05, 3.63) is 63.7 Å². The molecule has 1 unspecified atom stereocenters. The van der Waals surface area contributed by atoms with E-state index in [1.54, 1.807) is 24.0 Å². The van der Waals surface area contributed by atoms with Gasteiger partial charge in [0, 0.05) is 36.1 Å². The zero-order chi connectivity index (χ0) is 30.5. The van der Waals surface area contributed by atoms with Crippen LogP contribution in [0.4, 0.5) is 20.3 Å². The highest BCUT2D eigenvalue weighted by Crippen LogP contribution is 2.44. The van der Waals surface area contributed by atoms with Crippen molar-refractivity contribution in [2.75, 3.05) is 38.2 Å². The van der Waals surface area contributed by atoms with E-state index in [2.05, 4.69) is 20.8 Å². The number of hydrogen-bond acceptors (Lipinski definition) is 8. The number of anilines is 1. The predicted molar refractivity (Wildman–Crippen MR) is 160 cm³/mol. The number of rotatable bonds is 6. The Labute approximate surface area is 247 Å². The van der Waals surface area contributed by atoms with Crippen molar-refractivity contribution >= 4 is 33.2 Å². The quantitative estimate of drug-likeness (QED) is 0.181. The first-order valence-corrected chi connectivity index (χ1v) is 14.2. The van der Waals surface area contributed by atoms with Crippen LogP contribution in [0, 0.1) is 34.1 Å². The minimum absolute atomic E-state index is 0.0694. The minimum Gasteiger partial charge on any atom is -0.462 e. The number of likely N-dealkylation sites (N-methyl/N-ethyl adjacent to an activating group) is 1. The van der Waals surface area contributed by atoms with Gasteiger partial charge in [0.25, 0.3) is 5.69 Å². The monoisotopic (exact) mass is 587 g/mol. The normalized spacial score (nSPS) is 20.9. The molecule has 2 saturated heterocycles. The van der Waals surface area contributed by atoms with Crippen LogP contribution < -0.4 is 9.64 Å². The maximum Gasteiger partial charge on any atom is 0.319 e. The van der Waals surface area contributed by atoms with Gasteiger partial charge in [-0.15, -0.1) is 6.42 Å². The van der Waals surface area contributed by atoms with E-state index in [0.717, 1.165) is 19.4 Å². The number of halogens is 2. The number of terminal acetylenes is 1. The van der Waals surface area contributed by atoms with Crippen LogP contribution in [0.25, 0.3) is 32.8 Å². The van der Waals surface area contributed by atoms with E-state index in [9.17, 15) is 19.6 Å². The van der Waals surface area contributed by atoms with Gasteiger partial charge in [-0.2, -0.15) is 9.97 Å². The lowest BCUT2D eigenvalue weighted by Gasteiger charge is -2.38. The highest BCUT2D eigenvalue weighted by atomic mass is 19.1. The summed E-state index contributed by atoms with van der Waals surface area (Å²) in [4.78, 5) is 24.8. The summed E-state index contributed by atoms with van der Waals surface area (Å²) in [5, 5.41) is 24.1. The van der Waals surface area contributed by atoms with E-state index in [4.69, 9.17) is 11.2 Å². The number of nitro groups is 1. The molecule has 2 aliphatic heterocycles. The third-order valence-corrected chi connectivity index (χ3v) is 8.53. The molecule has 222 valence electrons. The number of aromatic nitrogens is 2. The molecule has 6 rings (SSSR count). The summed E-state index contributed by atoms with van der Waals surface area (Å²) < 4.78 is 37.7. The number of fused-ring (bicyclic) bond motifs is 2. The van der Waals surface area contributed by atoms with E-state index < -0.39 is 27.8 Å². The number of aliphatic hydroxyl groups is 1. The van der Waals surface area contributed by atoms with E-state index in [-0.39, 0.29) is 64.0 Å². The van der Waals surface area contributed by atoms with Crippen molar-refractivity contribution in [2.45, 2.75) is 44.2 Å². The largest absolute Gasteiger partial charge is 0.462 e. The first kappa shape index (κ1) is 28.7. The summed E-state index contributed by atoms with van der Waals surface area (Å²) in [6, 6.07) is 8.80. The van der Waals surface area contributed by atoms with Gasteiger partial charge in [-0.25, -0.2) is 8.78 Å². The van der Waals surface area contributed by atoms with Gasteiger partial charge < -0.3 is 19.6 Å². The first-order chi connectivity index (χ1) is 20.6. The Bertz CT molecular complexity index is 1810. The molecule has 4 aromatic rings. The number of benzene rings is 3. The topological polar surface area (TPSA) is 105 Å². The van der Waals surface area contributed by atoms with Crippen LogP contribution >= 0.6 is 0 Å². The highest BCUT2D eigenvalue weighted by Gasteiger charge is 2.34. The van der Waals surface area contributed by atoms with Gasteiger partial charge in [0.05, 0.1) is 27.0 Å². The highest BCUT2D eigenvalue weighted by molar-refractivity contribution is 6.06. The summed E-state index contributed by atoms with van der Waals surface area (Å²) in [6.07, 6.45) is 8.82. The van der Waals surface area contributed by atoms with Crippen molar-refractivity contribution in [1.29, 1.82) is 0 Å². The van der Waals surface area contributed by atoms with Gasteiger partial charge in [-0.05, 0) is 57.7 Å². The summed E-state index contributed by atoms with van der Waals surface area (Å²) in [6.45, 7) is 3.62. The lowest BCUT2D eigenvalue weighted by Crippen LogP contribution is -2.46. The molecule has 1 N–H and O–H groups in total. The van der Waals surface area contributed by atoms with Crippen molar-refractivity contribution in [1.82, 2.24) is 14.9 Å². The molecule has 0 saturated carbocycles. The van der Waals surface area contributed by atoms with Gasteiger partial charge in [-0.3, -0.25) is 10.1 Å². The van der Waals surface area contributed by atoms with Crippen LogP contribution in [0.1, 0.15) is 38.2 Å². The fourth-order valence-electron chi connectivity index (χ4n) is 6.35. The zero-order valence-corrected chi connectivity index (χ0v) is 23.9. The molecule has 2 atom stereocenters. The van der Waals surface area contributed by atoms with Gasteiger partial charge in [0.15, 0.2) is 5.82 Å². The standard InChI is InChI=1S/C32H31F2N5O4/c1-4-21-24(33)12-11-19-8-5-10-22(26(19)21)27-25(39(41)42)16-23-29(28(27)34)35-31(43-17-20-9-6-14-37(20)3)36-30(23)38-15-7-13-32(2,40)18-38/h1,5,8,10-12,16,20,40H,6-7,9,13-15,17-18H2,2-3H3/t20?,32-/m1/s1. The third kappa shape index (κ3) is 5.21. The lowest BCUT2D eigenvalue weighted by atomic mass is 9.92. The Morgan fingerprint density at radius 3 is 2.74 bits per heavy atom. The van der Waals surface area contributed by atoms with E-state index >= 15 is 4.39 Å². The van der Waals surface area contributed by atoms with Crippen LogP contribution in [0.3, 0.4) is 0 Å². The van der Waals surface area contributed by atoms with E-state index in [1.807, 2.05) is 7.05 Å². The second kappa shape index (κ2) is 11.0. The Hall–Kier alpha value is -4.40. The Kier molecular flexibility index (Phi) is 7.36. The number of likely N-dealkylation sites (tertiary alicyclic amines) is 1. The van der Waals surface area contributed by atoms with Gasteiger partial charge in [0.1, 0.15) is 23.8 Å². The second-order valence-corrected chi connectivity index (χ2v) is 11.6. The van der Waals surface area contributed by atoms with Crippen LogP contribution in [0.15, 0.2) is 36.4 Å². The molecule has 11 heteroatoms. The average molecular weight is 588 g/mol. The number of nitrogens with zero attached hydrogens (tertiary/aromatic N) is 5. The van der Waals surface area contributed by atoms with Gasteiger partial charge >= 0.3 is 6.01 Å². The van der Waals surface area contributed by atoms with Crippen molar-refractivity contribution in [3.63, 3.8) is 0 Å². The Morgan fingerprint density at radius 1 is 1.23 bits per heavy atom. The van der Waals surface area contributed by atoms with Crippen LogP contribution in [-0.2, 0) is 0 Å². The van der Waals surface area contributed by atoms with Crippen molar-refractivity contribution < 1.29 is 23.5 Å². The second-order valence-electron chi connectivity index (χ2n) is 11.6. The maximum atomic E-state index is 16.9. The average Bonchev–Trinajstić information content (AvgIpc) is 3.39. The molecule has 0 bridgehead atoms. The molecule has 3 heterocycles. The molecule has 9 nitrogen and oxygen atoms in total. The molecule has 2 aliphatic rings. The van der Waals surface area contributed by atoms with E-state index in [0.29, 0.717) is 24.8 Å². The predicted octanol–water partition coefficient (Wildman–Crippen LogP) is 5.44. The summed E-state index contributed by atoms with van der Waals surface area (Å²) in [5.74, 6) is 0.893. The minimum atomic E-state index is -1.04. The number of nitro benzene ring substituents is 1. The summed E-state index contributed by atoms with van der Waals surface area (Å²) in [7, 11) is 2.01. The molecule has 0 aliphatic carbocycles. The summed E-state index contributed by atoms with van der Waals surface area (Å²) in [5.41, 5.74) is -2.16. The molecular weight excluding hydrogens is 556 g/mol. The van der Waals surface area contributed by atoms with Gasteiger partial charge in [-0.1, -0.05) is 30.2 Å². The maximum absolute atomic E-state index is 16.9. The lowest BCUT2D eigenvalue weighted by molar-refractivity contribution is -0.384. The molecule has 43 heavy (non-hydrogen) atoms. The zero-order valence-electron chi connectivity index (χ0n) is 23.9. The molecule has 0 radical (unpaired) electrons. The summed E-state index contributed by atoms with van der Waals surface area (Å²) >= 11 is 0. The van der Waals surface area contributed by atoms with E-state index in [1.165, 1.54) is 24.3 Å². The Balaban J connectivity index is 1.61. The smallest absolute Gasteiger partial charge is 0.319 e. The molecule has 0 spiro atoms. The van der Waals surface area contributed by atoms with Crippen LogP contribution in [-0.4, -0.2) is 69.8 Å². The van der Waals surface area contributed by atoms with Crippen LogP contribution in [0.2, 0.25) is 0 Å². The van der Waals surface area contributed by atoms with Crippen molar-refractivity contribution in [3.8, 4) is 29.5 Å². The molecular formula is C32H31F2N5O4. The van der Waals surface area contributed by atoms with Crippen LogP contribution in [0.5, 0.6) is 6.01 Å². The van der Waals surface area contributed by atoms with Crippen molar-refractivity contribution in [2.24, 2.45) is 0 Å². The Morgan fingerprint density at radius 2 is 2.05 bits per heavy atom. The number of hydrogen-bond donors (Lipinski definition) is 1. The fraction of sp³-hybridized carbons (Fsp3) is 0.375. The number of β-amino-alcohol motifs (C(OH)–C–C–N with tert-alkyl or cyclic N) is 1. The molecule has 2 fully saturated rings.